The Labute approximate surface area is 208 Å². The summed E-state index contributed by atoms with van der Waals surface area (Å²) in [5, 5.41) is 5.40. The second-order valence-corrected chi connectivity index (χ2v) is 9.57. The molecule has 0 spiro atoms. The molecule has 0 bridgehead atoms. The van der Waals surface area contributed by atoms with E-state index in [9.17, 15) is 0 Å². The normalized spacial score (nSPS) is 12.2. The summed E-state index contributed by atoms with van der Waals surface area (Å²) in [7, 11) is 0. The highest BCUT2D eigenvalue weighted by Gasteiger charge is 2.12. The summed E-state index contributed by atoms with van der Waals surface area (Å²) >= 11 is 12.2. The smallest absolute Gasteiger partial charge is 0.257 e. The average molecular weight is 490 g/mol. The van der Waals surface area contributed by atoms with Crippen LogP contribution in [-0.2, 0) is 19.4 Å². The third kappa shape index (κ3) is 8.44. The number of aryl methyl sites for hydroxylation is 1. The van der Waals surface area contributed by atoms with Crippen molar-refractivity contribution in [2.45, 2.75) is 71.8 Å². The van der Waals surface area contributed by atoms with Gasteiger partial charge in [0.05, 0.1) is 23.1 Å². The van der Waals surface area contributed by atoms with Gasteiger partial charge >= 0.3 is 0 Å². The van der Waals surface area contributed by atoms with Crippen molar-refractivity contribution >= 4 is 23.2 Å². The zero-order valence-electron chi connectivity index (χ0n) is 19.9. The van der Waals surface area contributed by atoms with Gasteiger partial charge in [0.15, 0.2) is 5.82 Å². The minimum Gasteiger partial charge on any atom is -0.334 e. The van der Waals surface area contributed by atoms with Crippen LogP contribution in [0.4, 0.5) is 0 Å². The summed E-state index contributed by atoms with van der Waals surface area (Å²) in [4.78, 5) is 6.12. The number of unbranched alkanes of at least 4 members (excludes halogenated alkanes) is 5. The Bertz CT molecular complexity index is 972. The number of hydrogen-bond acceptors (Lipinski definition) is 3. The minimum atomic E-state index is 0.607. The minimum absolute atomic E-state index is 0.607. The maximum atomic E-state index is 6.15. The Morgan fingerprint density at radius 1 is 0.818 bits per heavy atom. The summed E-state index contributed by atoms with van der Waals surface area (Å²) in [5.74, 6) is 1.43. The molecule has 0 aliphatic heterocycles. The van der Waals surface area contributed by atoms with Crippen LogP contribution in [-0.4, -0.2) is 23.2 Å². The Balaban J connectivity index is 1.47. The van der Waals surface area contributed by atoms with E-state index in [4.69, 9.17) is 27.7 Å². The molecule has 1 aromatic heterocycles. The third-order valence-corrected chi connectivity index (χ3v) is 6.87. The molecule has 0 aliphatic rings. The van der Waals surface area contributed by atoms with Crippen molar-refractivity contribution in [3.05, 3.63) is 69.5 Å². The molecular weight excluding hydrogens is 453 g/mol. The van der Waals surface area contributed by atoms with Crippen LogP contribution in [0.3, 0.4) is 0 Å². The SMILES string of the molecule is CCCCCCCCc1noc(-c2ccc(C[NH+](CC)CCc3ccc(Cl)c(Cl)c3)cc2)n1. The van der Waals surface area contributed by atoms with Gasteiger partial charge < -0.3 is 9.42 Å². The number of quaternary nitrogens is 1. The number of nitrogens with zero attached hydrogens (tertiary/aromatic N) is 2. The molecule has 0 fully saturated rings. The van der Waals surface area contributed by atoms with Gasteiger partial charge in [-0.2, -0.15) is 4.98 Å². The predicted molar refractivity (Wildman–Crippen MR) is 137 cm³/mol. The lowest BCUT2D eigenvalue weighted by Crippen LogP contribution is -3.10. The van der Waals surface area contributed by atoms with Crippen molar-refractivity contribution in [3.8, 4) is 11.5 Å². The molecule has 3 rings (SSSR count). The lowest BCUT2D eigenvalue weighted by Gasteiger charge is -2.18. The molecule has 178 valence electrons. The van der Waals surface area contributed by atoms with Crippen LogP contribution in [0.15, 0.2) is 47.0 Å². The summed E-state index contributed by atoms with van der Waals surface area (Å²) in [6, 6.07) is 14.4. The van der Waals surface area contributed by atoms with Crippen LogP contribution < -0.4 is 4.90 Å². The molecule has 0 radical (unpaired) electrons. The first-order valence-corrected chi connectivity index (χ1v) is 13.0. The van der Waals surface area contributed by atoms with Gasteiger partial charge in [0.2, 0.25) is 0 Å². The van der Waals surface area contributed by atoms with E-state index in [0.717, 1.165) is 50.3 Å². The van der Waals surface area contributed by atoms with Gasteiger partial charge in [-0.15, -0.1) is 0 Å². The Kier molecular flexibility index (Phi) is 10.7. The quantitative estimate of drug-likeness (QED) is 0.260. The Morgan fingerprint density at radius 3 is 2.27 bits per heavy atom. The van der Waals surface area contributed by atoms with Crippen molar-refractivity contribution in [3.63, 3.8) is 0 Å². The van der Waals surface area contributed by atoms with E-state index in [-0.39, 0.29) is 0 Å². The third-order valence-electron chi connectivity index (χ3n) is 6.13. The van der Waals surface area contributed by atoms with Crippen molar-refractivity contribution in [1.29, 1.82) is 0 Å². The van der Waals surface area contributed by atoms with Gasteiger partial charge in [-0.25, -0.2) is 0 Å². The van der Waals surface area contributed by atoms with Crippen LogP contribution in [0, 0.1) is 0 Å². The van der Waals surface area contributed by atoms with E-state index in [2.05, 4.69) is 54.3 Å². The summed E-state index contributed by atoms with van der Waals surface area (Å²) in [6.45, 7) is 7.55. The number of halogens is 2. The van der Waals surface area contributed by atoms with Crippen molar-refractivity contribution in [2.75, 3.05) is 13.1 Å². The summed E-state index contributed by atoms with van der Waals surface area (Å²) in [5.41, 5.74) is 3.50. The van der Waals surface area contributed by atoms with Gasteiger partial charge in [0.25, 0.3) is 5.89 Å². The van der Waals surface area contributed by atoms with E-state index in [0.29, 0.717) is 15.9 Å². The summed E-state index contributed by atoms with van der Waals surface area (Å²) in [6.07, 6.45) is 9.46. The van der Waals surface area contributed by atoms with Gasteiger partial charge in [-0.05, 0) is 43.2 Å². The van der Waals surface area contributed by atoms with Crippen LogP contribution in [0.5, 0.6) is 0 Å². The van der Waals surface area contributed by atoms with Gasteiger partial charge in [-0.1, -0.05) is 85.6 Å². The first kappa shape index (κ1) is 25.7. The zero-order valence-corrected chi connectivity index (χ0v) is 21.4. The standard InChI is InChI=1S/C27H35Cl2N3O/c1-3-5-6-7-8-9-10-26-30-27(33-31-26)23-14-11-22(12-15-23)20-32(4-2)18-17-21-13-16-24(28)25(29)19-21/h11-16,19H,3-10,17-18,20H2,1-2H3/p+1. The second-order valence-electron chi connectivity index (χ2n) is 8.76. The van der Waals surface area contributed by atoms with Crippen molar-refractivity contribution in [2.24, 2.45) is 0 Å². The van der Waals surface area contributed by atoms with Gasteiger partial charge in [-0.3, -0.25) is 0 Å². The van der Waals surface area contributed by atoms with E-state index < -0.39 is 0 Å². The largest absolute Gasteiger partial charge is 0.334 e. The van der Waals surface area contributed by atoms with Crippen LogP contribution in [0.25, 0.3) is 11.5 Å². The molecule has 0 amide bonds. The highest BCUT2D eigenvalue weighted by Crippen LogP contribution is 2.22. The molecule has 1 N–H and O–H groups in total. The van der Waals surface area contributed by atoms with Gasteiger partial charge in [0.1, 0.15) is 6.54 Å². The van der Waals surface area contributed by atoms with E-state index in [1.54, 1.807) is 0 Å². The molecule has 6 heteroatoms. The molecule has 33 heavy (non-hydrogen) atoms. The molecule has 0 saturated carbocycles. The number of nitrogens with one attached hydrogen (secondary N) is 1. The summed E-state index contributed by atoms with van der Waals surface area (Å²) < 4.78 is 5.51. The monoisotopic (exact) mass is 488 g/mol. The fraction of sp³-hybridized carbons (Fsp3) is 0.481. The van der Waals surface area contributed by atoms with Gasteiger partial charge in [0, 0.05) is 24.0 Å². The van der Waals surface area contributed by atoms with E-state index >= 15 is 0 Å². The predicted octanol–water partition coefficient (Wildman–Crippen LogP) is 6.59. The van der Waals surface area contributed by atoms with E-state index in [1.165, 1.54) is 48.1 Å². The first-order chi connectivity index (χ1) is 16.1. The first-order valence-electron chi connectivity index (χ1n) is 12.3. The van der Waals surface area contributed by atoms with Crippen molar-refractivity contribution < 1.29 is 9.42 Å². The number of benzene rings is 2. The van der Waals surface area contributed by atoms with Crippen LogP contribution in [0.2, 0.25) is 10.0 Å². The molecular formula is C27H36Cl2N3O+. The molecule has 1 heterocycles. The van der Waals surface area contributed by atoms with Crippen LogP contribution >= 0.6 is 23.2 Å². The molecule has 2 aromatic carbocycles. The maximum Gasteiger partial charge on any atom is 0.257 e. The fourth-order valence-electron chi connectivity index (χ4n) is 4.00. The van der Waals surface area contributed by atoms with E-state index in [1.807, 2.05) is 12.1 Å². The highest BCUT2D eigenvalue weighted by atomic mass is 35.5. The molecule has 1 unspecified atom stereocenters. The Morgan fingerprint density at radius 2 is 1.55 bits per heavy atom. The number of likely N-dealkylation sites (N-methyl/N-ethyl adjacent to an activating group) is 1. The lowest BCUT2D eigenvalue weighted by atomic mass is 10.1. The highest BCUT2D eigenvalue weighted by molar-refractivity contribution is 6.42. The lowest BCUT2D eigenvalue weighted by molar-refractivity contribution is -0.911. The maximum absolute atomic E-state index is 6.15. The molecule has 1 atom stereocenters. The molecule has 4 nitrogen and oxygen atoms in total. The number of hydrogen-bond donors (Lipinski definition) is 1. The number of rotatable bonds is 14. The topological polar surface area (TPSA) is 43.4 Å². The van der Waals surface area contributed by atoms with Crippen LogP contribution in [0.1, 0.15) is 69.3 Å². The fourth-order valence-corrected chi connectivity index (χ4v) is 4.32. The average Bonchev–Trinajstić information content (AvgIpc) is 3.30. The Hall–Kier alpha value is -1.88. The second kappa shape index (κ2) is 13.7. The molecule has 3 aromatic rings. The zero-order chi connectivity index (χ0) is 23.5. The molecule has 0 saturated heterocycles. The number of aromatic nitrogens is 2. The molecule has 0 aliphatic carbocycles. The van der Waals surface area contributed by atoms with Crippen molar-refractivity contribution in [1.82, 2.24) is 10.1 Å².